The van der Waals surface area contributed by atoms with Crippen LogP contribution in [0.15, 0.2) is 0 Å². The zero-order valence-electron chi connectivity index (χ0n) is 14.5. The Morgan fingerprint density at radius 1 is 1.38 bits per heavy atom. The van der Waals surface area contributed by atoms with E-state index in [-0.39, 0.29) is 5.41 Å². The van der Waals surface area contributed by atoms with Crippen LogP contribution in [-0.2, 0) is 12.0 Å². The van der Waals surface area contributed by atoms with E-state index in [9.17, 15) is 0 Å². The quantitative estimate of drug-likeness (QED) is 0.904. The zero-order valence-corrected chi connectivity index (χ0v) is 15.3. The van der Waals surface area contributed by atoms with Gasteiger partial charge in [0.15, 0.2) is 5.13 Å². The van der Waals surface area contributed by atoms with Crippen LogP contribution in [-0.4, -0.2) is 24.1 Å². The van der Waals surface area contributed by atoms with Gasteiger partial charge in [-0.1, -0.05) is 41.5 Å². The maximum Gasteiger partial charge on any atom is 0.185 e. The third-order valence-electron chi connectivity index (χ3n) is 3.99. The fourth-order valence-corrected chi connectivity index (χ4v) is 4.10. The summed E-state index contributed by atoms with van der Waals surface area (Å²) >= 11 is 1.89. The van der Waals surface area contributed by atoms with Crippen LogP contribution < -0.4 is 10.2 Å². The molecule has 2 heterocycles. The van der Waals surface area contributed by atoms with E-state index in [2.05, 4.69) is 51.8 Å². The molecule has 0 bridgehead atoms. The molecule has 1 aliphatic rings. The minimum atomic E-state index is 0.115. The van der Waals surface area contributed by atoms with Gasteiger partial charge in [-0.25, -0.2) is 4.98 Å². The smallest absolute Gasteiger partial charge is 0.185 e. The standard InChI is InChI=1S/C17H31N3S/c1-12(2)18-10-14-15(17(4,5)6)19-16(21-14)20-9-7-8-13(3)11-20/h12-13,18H,7-11H2,1-6H3. The fourth-order valence-electron chi connectivity index (χ4n) is 2.84. The fraction of sp³-hybridized carbons (Fsp3) is 0.824. The van der Waals surface area contributed by atoms with Gasteiger partial charge in [0.25, 0.3) is 0 Å². The van der Waals surface area contributed by atoms with Gasteiger partial charge >= 0.3 is 0 Å². The number of rotatable bonds is 4. The summed E-state index contributed by atoms with van der Waals surface area (Å²) in [6.07, 6.45) is 2.65. The molecular formula is C17H31N3S. The number of nitrogens with zero attached hydrogens (tertiary/aromatic N) is 2. The second-order valence-corrected chi connectivity index (χ2v) is 8.81. The first-order chi connectivity index (χ1) is 9.77. The van der Waals surface area contributed by atoms with Crippen LogP contribution in [0.25, 0.3) is 0 Å². The van der Waals surface area contributed by atoms with Crippen LogP contribution >= 0.6 is 11.3 Å². The Morgan fingerprint density at radius 2 is 2.10 bits per heavy atom. The minimum Gasteiger partial charge on any atom is -0.348 e. The van der Waals surface area contributed by atoms with Gasteiger partial charge in [-0.2, -0.15) is 0 Å². The highest BCUT2D eigenvalue weighted by Crippen LogP contribution is 2.35. The highest BCUT2D eigenvalue weighted by atomic mass is 32.1. The van der Waals surface area contributed by atoms with Gasteiger partial charge in [-0.15, -0.1) is 11.3 Å². The molecule has 21 heavy (non-hydrogen) atoms. The second-order valence-electron chi connectivity index (χ2n) is 7.75. The molecule has 1 aliphatic heterocycles. The number of anilines is 1. The third kappa shape index (κ3) is 4.43. The van der Waals surface area contributed by atoms with Crippen LogP contribution in [0.4, 0.5) is 5.13 Å². The summed E-state index contributed by atoms with van der Waals surface area (Å²) < 4.78 is 0. The number of aromatic nitrogens is 1. The predicted octanol–water partition coefficient (Wildman–Crippen LogP) is 4.17. The van der Waals surface area contributed by atoms with Crippen LogP contribution in [0.2, 0.25) is 0 Å². The Labute approximate surface area is 134 Å². The molecule has 1 N–H and O–H groups in total. The topological polar surface area (TPSA) is 28.2 Å². The van der Waals surface area contributed by atoms with Crippen molar-refractivity contribution < 1.29 is 0 Å². The predicted molar refractivity (Wildman–Crippen MR) is 93.4 cm³/mol. The summed E-state index contributed by atoms with van der Waals surface area (Å²) in [6, 6.07) is 0.512. The van der Waals surface area contributed by atoms with Gasteiger partial charge in [0.05, 0.1) is 5.69 Å². The average Bonchev–Trinajstić information content (AvgIpc) is 2.80. The molecule has 1 unspecified atom stereocenters. The number of thiazole rings is 1. The molecule has 1 aromatic heterocycles. The van der Waals surface area contributed by atoms with Crippen molar-refractivity contribution in [2.75, 3.05) is 18.0 Å². The van der Waals surface area contributed by atoms with Crippen molar-refractivity contribution in [3.05, 3.63) is 10.6 Å². The zero-order chi connectivity index (χ0) is 15.6. The molecule has 1 fully saturated rings. The maximum atomic E-state index is 5.02. The highest BCUT2D eigenvalue weighted by Gasteiger charge is 2.26. The Bertz CT molecular complexity index is 459. The molecule has 3 nitrogen and oxygen atoms in total. The Balaban J connectivity index is 2.22. The van der Waals surface area contributed by atoms with Gasteiger partial charge in [0.2, 0.25) is 0 Å². The summed E-state index contributed by atoms with van der Waals surface area (Å²) in [4.78, 5) is 8.92. The van der Waals surface area contributed by atoms with E-state index in [4.69, 9.17) is 4.98 Å². The first kappa shape index (κ1) is 16.8. The third-order valence-corrected chi connectivity index (χ3v) is 5.11. The summed E-state index contributed by atoms with van der Waals surface area (Å²) in [5.41, 5.74) is 1.39. The van der Waals surface area contributed by atoms with E-state index < -0.39 is 0 Å². The van der Waals surface area contributed by atoms with Crippen molar-refractivity contribution in [3.8, 4) is 0 Å². The summed E-state index contributed by atoms with van der Waals surface area (Å²) in [6.45, 7) is 16.8. The van der Waals surface area contributed by atoms with Crippen LogP contribution in [0.5, 0.6) is 0 Å². The molecule has 0 radical (unpaired) electrons. The Morgan fingerprint density at radius 3 is 2.67 bits per heavy atom. The molecule has 1 atom stereocenters. The van der Waals surface area contributed by atoms with Gasteiger partial charge in [-0.05, 0) is 18.8 Å². The summed E-state index contributed by atoms with van der Waals surface area (Å²) in [5, 5.41) is 4.78. The lowest BCUT2D eigenvalue weighted by atomic mass is 9.91. The number of hydrogen-bond acceptors (Lipinski definition) is 4. The lowest BCUT2D eigenvalue weighted by molar-refractivity contribution is 0.445. The van der Waals surface area contributed by atoms with E-state index in [1.54, 1.807) is 0 Å². The van der Waals surface area contributed by atoms with Gasteiger partial charge in [-0.3, -0.25) is 0 Å². The summed E-state index contributed by atoms with van der Waals surface area (Å²) in [5.74, 6) is 0.790. The van der Waals surface area contributed by atoms with Crippen molar-refractivity contribution >= 4 is 16.5 Å². The van der Waals surface area contributed by atoms with E-state index in [1.165, 1.54) is 35.1 Å². The molecule has 0 saturated carbocycles. The first-order valence-electron chi connectivity index (χ1n) is 8.26. The molecule has 0 spiro atoms. The first-order valence-corrected chi connectivity index (χ1v) is 9.07. The molecule has 1 saturated heterocycles. The molecule has 120 valence electrons. The van der Waals surface area contributed by atoms with Gasteiger partial charge < -0.3 is 10.2 Å². The molecule has 1 aromatic rings. The van der Waals surface area contributed by atoms with Gasteiger partial charge in [0, 0.05) is 36.0 Å². The van der Waals surface area contributed by atoms with E-state index >= 15 is 0 Å². The van der Waals surface area contributed by atoms with Crippen molar-refractivity contribution in [1.29, 1.82) is 0 Å². The van der Waals surface area contributed by atoms with E-state index in [0.29, 0.717) is 6.04 Å². The van der Waals surface area contributed by atoms with Crippen LogP contribution in [0.1, 0.15) is 65.0 Å². The average molecular weight is 310 g/mol. The normalized spacial score (nSPS) is 20.3. The molecule has 0 amide bonds. The largest absolute Gasteiger partial charge is 0.348 e. The van der Waals surface area contributed by atoms with E-state index in [0.717, 1.165) is 19.0 Å². The second kappa shape index (κ2) is 6.66. The van der Waals surface area contributed by atoms with Crippen molar-refractivity contribution in [3.63, 3.8) is 0 Å². The Hall–Kier alpha value is -0.610. The van der Waals surface area contributed by atoms with Crippen molar-refractivity contribution in [2.45, 2.75) is 72.4 Å². The molecule has 0 aliphatic carbocycles. The maximum absolute atomic E-state index is 5.02. The van der Waals surface area contributed by atoms with Crippen molar-refractivity contribution in [1.82, 2.24) is 10.3 Å². The monoisotopic (exact) mass is 309 g/mol. The lowest BCUT2D eigenvalue weighted by Crippen LogP contribution is -2.34. The summed E-state index contributed by atoms with van der Waals surface area (Å²) in [7, 11) is 0. The Kier molecular flexibility index (Phi) is 5.31. The SMILES string of the molecule is CC1CCCN(c2nc(C(C)(C)C)c(CNC(C)C)s2)C1. The highest BCUT2D eigenvalue weighted by molar-refractivity contribution is 7.15. The van der Waals surface area contributed by atoms with E-state index in [1.807, 2.05) is 11.3 Å². The minimum absolute atomic E-state index is 0.115. The van der Waals surface area contributed by atoms with Gasteiger partial charge in [0.1, 0.15) is 0 Å². The van der Waals surface area contributed by atoms with Crippen LogP contribution in [0, 0.1) is 5.92 Å². The number of nitrogens with one attached hydrogen (secondary N) is 1. The van der Waals surface area contributed by atoms with Crippen molar-refractivity contribution in [2.24, 2.45) is 5.92 Å². The number of piperidine rings is 1. The van der Waals surface area contributed by atoms with Crippen LogP contribution in [0.3, 0.4) is 0 Å². The lowest BCUT2D eigenvalue weighted by Gasteiger charge is -2.30. The molecule has 2 rings (SSSR count). The molecular weight excluding hydrogens is 278 g/mol. The molecule has 0 aromatic carbocycles. The number of hydrogen-bond donors (Lipinski definition) is 1. The molecule has 4 heteroatoms.